The van der Waals surface area contributed by atoms with Crippen molar-refractivity contribution in [1.82, 2.24) is 10.2 Å². The number of carbonyl (C=O) groups is 1. The van der Waals surface area contributed by atoms with E-state index >= 15 is 0 Å². The zero-order chi connectivity index (χ0) is 15.3. The molecule has 2 unspecified atom stereocenters. The quantitative estimate of drug-likeness (QED) is 0.609. The van der Waals surface area contributed by atoms with E-state index in [0.717, 1.165) is 44.6 Å². The molecule has 1 aliphatic carbocycles. The Morgan fingerprint density at radius 3 is 2.71 bits per heavy atom. The van der Waals surface area contributed by atoms with Crippen molar-refractivity contribution in [1.29, 1.82) is 0 Å². The van der Waals surface area contributed by atoms with Crippen molar-refractivity contribution in [3.8, 4) is 0 Å². The molecular formula is C17H32N2O2. The summed E-state index contributed by atoms with van der Waals surface area (Å²) in [4.78, 5) is 14.0. The highest BCUT2D eigenvalue weighted by molar-refractivity contribution is 5.78. The normalized spacial score (nSPS) is 25.9. The number of aliphatic carboxylic acids is 1. The van der Waals surface area contributed by atoms with E-state index in [1.807, 2.05) is 6.92 Å². The fraction of sp³-hybridized carbons (Fsp3) is 0.941. The third kappa shape index (κ3) is 5.26. The maximum Gasteiger partial charge on any atom is 0.323 e. The Balaban J connectivity index is 1.63. The van der Waals surface area contributed by atoms with Gasteiger partial charge >= 0.3 is 5.97 Å². The minimum Gasteiger partial charge on any atom is -0.480 e. The smallest absolute Gasteiger partial charge is 0.323 e. The Bertz CT molecular complexity index is 344. The van der Waals surface area contributed by atoms with E-state index in [0.29, 0.717) is 6.04 Å². The zero-order valence-electron chi connectivity index (χ0n) is 13.7. The number of likely N-dealkylation sites (tertiary alicyclic amines) is 1. The van der Waals surface area contributed by atoms with E-state index in [-0.39, 0.29) is 0 Å². The predicted octanol–water partition coefficient (Wildman–Crippen LogP) is 2.87. The summed E-state index contributed by atoms with van der Waals surface area (Å²) >= 11 is 0. The van der Waals surface area contributed by atoms with Gasteiger partial charge < -0.3 is 10.0 Å². The van der Waals surface area contributed by atoms with E-state index in [1.165, 1.54) is 32.4 Å². The average Bonchev–Trinajstić information content (AvgIpc) is 3.13. The molecule has 0 aromatic carbocycles. The largest absolute Gasteiger partial charge is 0.480 e. The van der Waals surface area contributed by atoms with Crippen LogP contribution >= 0.6 is 0 Å². The summed E-state index contributed by atoms with van der Waals surface area (Å²) in [6, 6.07) is 0.444. The number of hydrogen-bond donors (Lipinski definition) is 2. The molecule has 4 heteroatoms. The van der Waals surface area contributed by atoms with Gasteiger partial charge in [-0.05, 0) is 70.9 Å². The molecule has 0 aromatic rings. The van der Waals surface area contributed by atoms with Crippen LogP contribution in [0.15, 0.2) is 0 Å². The number of nitrogens with zero attached hydrogens (tertiary/aromatic N) is 1. The van der Waals surface area contributed by atoms with Crippen molar-refractivity contribution in [2.45, 2.75) is 76.8 Å². The van der Waals surface area contributed by atoms with Gasteiger partial charge in [0.25, 0.3) is 0 Å². The van der Waals surface area contributed by atoms with Gasteiger partial charge in [-0.1, -0.05) is 13.3 Å². The van der Waals surface area contributed by atoms with Gasteiger partial charge in [-0.3, -0.25) is 10.1 Å². The summed E-state index contributed by atoms with van der Waals surface area (Å²) < 4.78 is 0. The molecule has 0 spiro atoms. The Kier molecular flexibility index (Phi) is 6.06. The maximum atomic E-state index is 11.5. The Labute approximate surface area is 129 Å². The Morgan fingerprint density at radius 1 is 1.33 bits per heavy atom. The molecule has 2 atom stereocenters. The fourth-order valence-electron chi connectivity index (χ4n) is 3.49. The van der Waals surface area contributed by atoms with Crippen molar-refractivity contribution in [3.63, 3.8) is 0 Å². The third-order valence-corrected chi connectivity index (χ3v) is 5.04. The number of nitrogens with one attached hydrogen (secondary N) is 1. The van der Waals surface area contributed by atoms with E-state index in [2.05, 4.69) is 17.1 Å². The highest BCUT2D eigenvalue weighted by Crippen LogP contribution is 2.26. The minimum atomic E-state index is -0.725. The van der Waals surface area contributed by atoms with Crippen molar-refractivity contribution >= 4 is 5.97 Å². The second-order valence-electron chi connectivity index (χ2n) is 7.26. The van der Waals surface area contributed by atoms with Gasteiger partial charge in [-0.2, -0.15) is 0 Å². The lowest BCUT2D eigenvalue weighted by Crippen LogP contribution is -2.50. The SMILES string of the molecule is CCCC1CCN(CCCCC(C)(NC2CC2)C(=O)O)C1. The average molecular weight is 296 g/mol. The van der Waals surface area contributed by atoms with E-state index in [4.69, 9.17) is 0 Å². The molecule has 21 heavy (non-hydrogen) atoms. The monoisotopic (exact) mass is 296 g/mol. The van der Waals surface area contributed by atoms with E-state index in [9.17, 15) is 9.90 Å². The molecule has 2 fully saturated rings. The van der Waals surface area contributed by atoms with Gasteiger partial charge in [0.1, 0.15) is 5.54 Å². The summed E-state index contributed by atoms with van der Waals surface area (Å²) in [5, 5.41) is 12.7. The van der Waals surface area contributed by atoms with Crippen LogP contribution in [0.5, 0.6) is 0 Å². The van der Waals surface area contributed by atoms with Gasteiger partial charge in [0.2, 0.25) is 0 Å². The molecule has 2 aliphatic rings. The van der Waals surface area contributed by atoms with E-state index < -0.39 is 11.5 Å². The standard InChI is InChI=1S/C17H32N2O2/c1-3-6-14-9-12-19(13-14)11-5-4-10-17(2,16(20)21)18-15-7-8-15/h14-15,18H,3-13H2,1-2H3,(H,20,21). The second-order valence-corrected chi connectivity index (χ2v) is 7.26. The molecule has 0 amide bonds. The van der Waals surface area contributed by atoms with Crippen molar-refractivity contribution in [2.24, 2.45) is 5.92 Å². The van der Waals surface area contributed by atoms with Crippen LogP contribution in [0.1, 0.15) is 65.2 Å². The van der Waals surface area contributed by atoms with Crippen molar-refractivity contribution < 1.29 is 9.90 Å². The van der Waals surface area contributed by atoms with Crippen molar-refractivity contribution in [3.05, 3.63) is 0 Å². The summed E-state index contributed by atoms with van der Waals surface area (Å²) in [5.74, 6) is 0.203. The predicted molar refractivity (Wildman–Crippen MR) is 85.5 cm³/mol. The van der Waals surface area contributed by atoms with E-state index in [1.54, 1.807) is 0 Å². The van der Waals surface area contributed by atoms with Crippen LogP contribution in [-0.4, -0.2) is 47.2 Å². The number of rotatable bonds is 10. The topological polar surface area (TPSA) is 52.6 Å². The molecule has 4 nitrogen and oxygen atoms in total. The summed E-state index contributed by atoms with van der Waals surface area (Å²) in [5.41, 5.74) is -0.725. The van der Waals surface area contributed by atoms with Gasteiger partial charge in [0.15, 0.2) is 0 Å². The second kappa shape index (κ2) is 7.59. The lowest BCUT2D eigenvalue weighted by Gasteiger charge is -2.27. The van der Waals surface area contributed by atoms with Gasteiger partial charge in [0, 0.05) is 12.6 Å². The van der Waals surface area contributed by atoms with Crippen LogP contribution in [0, 0.1) is 5.92 Å². The summed E-state index contributed by atoms with van der Waals surface area (Å²) in [7, 11) is 0. The first-order chi connectivity index (χ1) is 10.0. The number of unbranched alkanes of at least 4 members (excludes halogenated alkanes) is 1. The highest BCUT2D eigenvalue weighted by Gasteiger charge is 2.37. The first kappa shape index (κ1) is 16.8. The minimum absolute atomic E-state index is 0.444. The number of carboxylic acids is 1. The first-order valence-corrected chi connectivity index (χ1v) is 8.77. The molecule has 0 bridgehead atoms. The summed E-state index contributed by atoms with van der Waals surface area (Å²) in [6.07, 6.45) is 9.13. The Morgan fingerprint density at radius 2 is 2.10 bits per heavy atom. The maximum absolute atomic E-state index is 11.5. The molecule has 0 aromatic heterocycles. The molecule has 122 valence electrons. The molecule has 2 N–H and O–H groups in total. The van der Waals surface area contributed by atoms with Crippen LogP contribution in [0.3, 0.4) is 0 Å². The van der Waals surface area contributed by atoms with Gasteiger partial charge in [0.05, 0.1) is 0 Å². The van der Waals surface area contributed by atoms with Crippen LogP contribution in [0.4, 0.5) is 0 Å². The third-order valence-electron chi connectivity index (χ3n) is 5.04. The first-order valence-electron chi connectivity index (χ1n) is 8.77. The van der Waals surface area contributed by atoms with Crippen LogP contribution < -0.4 is 5.32 Å². The van der Waals surface area contributed by atoms with Crippen LogP contribution in [0.25, 0.3) is 0 Å². The zero-order valence-corrected chi connectivity index (χ0v) is 13.7. The van der Waals surface area contributed by atoms with Gasteiger partial charge in [-0.15, -0.1) is 0 Å². The molecular weight excluding hydrogens is 264 g/mol. The molecule has 0 radical (unpaired) electrons. The molecule has 1 saturated heterocycles. The fourth-order valence-corrected chi connectivity index (χ4v) is 3.49. The lowest BCUT2D eigenvalue weighted by molar-refractivity contribution is -0.144. The van der Waals surface area contributed by atoms with Gasteiger partial charge in [-0.25, -0.2) is 0 Å². The summed E-state index contributed by atoms with van der Waals surface area (Å²) in [6.45, 7) is 7.74. The van der Waals surface area contributed by atoms with Crippen LogP contribution in [0.2, 0.25) is 0 Å². The van der Waals surface area contributed by atoms with Crippen LogP contribution in [-0.2, 0) is 4.79 Å². The highest BCUT2D eigenvalue weighted by atomic mass is 16.4. The number of hydrogen-bond acceptors (Lipinski definition) is 3. The Hall–Kier alpha value is -0.610. The molecule has 1 aliphatic heterocycles. The van der Waals surface area contributed by atoms with Crippen molar-refractivity contribution in [2.75, 3.05) is 19.6 Å². The molecule has 1 saturated carbocycles. The number of carboxylic acid groups (broad SMARTS) is 1. The lowest BCUT2D eigenvalue weighted by atomic mass is 9.94. The molecule has 2 rings (SSSR count). The molecule has 1 heterocycles.